The molecule has 0 aromatic heterocycles. The van der Waals surface area contributed by atoms with E-state index < -0.39 is 10.8 Å². The molecule has 0 amide bonds. The SMILES string of the molecule is COc1ccc(S(=O)Cc2cc(CN)ccc2OC)cc1. The Labute approximate surface area is 127 Å². The summed E-state index contributed by atoms with van der Waals surface area (Å²) in [6, 6.07) is 13.0. The van der Waals surface area contributed by atoms with Crippen LogP contribution in [0.1, 0.15) is 11.1 Å². The number of nitrogens with two attached hydrogens (primary N) is 1. The van der Waals surface area contributed by atoms with Crippen molar-refractivity contribution >= 4 is 10.8 Å². The summed E-state index contributed by atoms with van der Waals surface area (Å²) in [6.45, 7) is 0.451. The molecule has 0 saturated heterocycles. The average molecular weight is 305 g/mol. The predicted molar refractivity (Wildman–Crippen MR) is 84.0 cm³/mol. The van der Waals surface area contributed by atoms with Gasteiger partial charge in [0.2, 0.25) is 0 Å². The molecule has 112 valence electrons. The summed E-state index contributed by atoms with van der Waals surface area (Å²) in [6.07, 6.45) is 0. The first-order chi connectivity index (χ1) is 10.2. The maximum Gasteiger partial charge on any atom is 0.123 e. The topological polar surface area (TPSA) is 61.5 Å². The first kappa shape index (κ1) is 15.5. The second-order valence-corrected chi connectivity index (χ2v) is 5.97. The molecular weight excluding hydrogens is 286 g/mol. The van der Waals surface area contributed by atoms with Gasteiger partial charge in [-0.1, -0.05) is 6.07 Å². The van der Waals surface area contributed by atoms with Crippen molar-refractivity contribution in [3.05, 3.63) is 53.6 Å². The summed E-state index contributed by atoms with van der Waals surface area (Å²) in [5, 5.41) is 0. The van der Waals surface area contributed by atoms with Crippen molar-refractivity contribution in [2.45, 2.75) is 17.2 Å². The summed E-state index contributed by atoms with van der Waals surface area (Å²) in [5.41, 5.74) is 7.55. The molecule has 0 radical (unpaired) electrons. The highest BCUT2D eigenvalue weighted by atomic mass is 32.2. The normalized spacial score (nSPS) is 12.0. The van der Waals surface area contributed by atoms with E-state index in [1.165, 1.54) is 0 Å². The van der Waals surface area contributed by atoms with Crippen LogP contribution in [0.2, 0.25) is 0 Å². The van der Waals surface area contributed by atoms with E-state index in [1.54, 1.807) is 26.4 Å². The Morgan fingerprint density at radius 2 is 1.76 bits per heavy atom. The van der Waals surface area contributed by atoms with E-state index in [0.717, 1.165) is 27.5 Å². The van der Waals surface area contributed by atoms with Gasteiger partial charge in [-0.25, -0.2) is 0 Å². The van der Waals surface area contributed by atoms with E-state index in [9.17, 15) is 4.21 Å². The number of rotatable bonds is 6. The van der Waals surface area contributed by atoms with Gasteiger partial charge in [-0.15, -0.1) is 0 Å². The van der Waals surface area contributed by atoms with Crippen molar-refractivity contribution in [1.29, 1.82) is 0 Å². The largest absolute Gasteiger partial charge is 0.497 e. The fourth-order valence-electron chi connectivity index (χ4n) is 2.02. The van der Waals surface area contributed by atoms with Gasteiger partial charge < -0.3 is 15.2 Å². The Hall–Kier alpha value is -1.85. The lowest BCUT2D eigenvalue weighted by Gasteiger charge is -2.10. The maximum atomic E-state index is 12.5. The van der Waals surface area contributed by atoms with Gasteiger partial charge in [0.25, 0.3) is 0 Å². The van der Waals surface area contributed by atoms with Gasteiger partial charge >= 0.3 is 0 Å². The third-order valence-corrected chi connectivity index (χ3v) is 4.56. The van der Waals surface area contributed by atoms with Crippen LogP contribution in [-0.2, 0) is 23.1 Å². The molecule has 1 atom stereocenters. The lowest BCUT2D eigenvalue weighted by molar-refractivity contribution is 0.411. The first-order valence-corrected chi connectivity index (χ1v) is 7.88. The molecule has 2 aromatic rings. The Kier molecular flexibility index (Phi) is 5.36. The summed E-state index contributed by atoms with van der Waals surface area (Å²) >= 11 is 0. The molecule has 0 aliphatic rings. The molecule has 2 N–H and O–H groups in total. The quantitative estimate of drug-likeness (QED) is 0.890. The number of benzene rings is 2. The minimum atomic E-state index is -1.14. The molecule has 0 heterocycles. The summed E-state index contributed by atoms with van der Waals surface area (Å²) in [7, 11) is 2.07. The second kappa shape index (κ2) is 7.24. The standard InChI is InChI=1S/C16H19NO3S/c1-19-14-4-6-15(7-5-14)21(18)11-13-9-12(10-17)3-8-16(13)20-2/h3-9H,10-11,17H2,1-2H3. The third kappa shape index (κ3) is 3.83. The Balaban J connectivity index is 2.21. The van der Waals surface area contributed by atoms with Crippen LogP contribution in [0, 0.1) is 0 Å². The maximum absolute atomic E-state index is 12.5. The number of hydrogen-bond acceptors (Lipinski definition) is 4. The molecule has 0 saturated carbocycles. The van der Waals surface area contributed by atoms with Crippen molar-refractivity contribution in [2.75, 3.05) is 14.2 Å². The lowest BCUT2D eigenvalue weighted by atomic mass is 10.1. The second-order valence-electron chi connectivity index (χ2n) is 4.52. The van der Waals surface area contributed by atoms with E-state index in [0.29, 0.717) is 12.3 Å². The molecule has 0 aliphatic carbocycles. The highest BCUT2D eigenvalue weighted by Gasteiger charge is 2.10. The van der Waals surface area contributed by atoms with Gasteiger partial charge in [0.1, 0.15) is 11.5 Å². The molecule has 21 heavy (non-hydrogen) atoms. The van der Waals surface area contributed by atoms with E-state index in [2.05, 4.69) is 0 Å². The van der Waals surface area contributed by atoms with Crippen LogP contribution in [0.25, 0.3) is 0 Å². The highest BCUT2D eigenvalue weighted by Crippen LogP contribution is 2.24. The molecule has 1 unspecified atom stereocenters. The molecule has 5 heteroatoms. The molecule has 0 fully saturated rings. The molecular formula is C16H19NO3S. The summed E-state index contributed by atoms with van der Waals surface area (Å²) in [4.78, 5) is 0.760. The number of methoxy groups -OCH3 is 2. The predicted octanol–water partition coefficient (Wildman–Crippen LogP) is 2.47. The minimum absolute atomic E-state index is 0.392. The van der Waals surface area contributed by atoms with Crippen LogP contribution < -0.4 is 15.2 Å². The van der Waals surface area contributed by atoms with Crippen LogP contribution in [0.3, 0.4) is 0 Å². The first-order valence-electron chi connectivity index (χ1n) is 6.56. The van der Waals surface area contributed by atoms with Gasteiger partial charge in [-0.3, -0.25) is 4.21 Å². The third-order valence-electron chi connectivity index (χ3n) is 3.19. The zero-order chi connectivity index (χ0) is 15.2. The van der Waals surface area contributed by atoms with E-state index in [1.807, 2.05) is 30.3 Å². The molecule has 0 spiro atoms. The Morgan fingerprint density at radius 1 is 1.05 bits per heavy atom. The van der Waals surface area contributed by atoms with Gasteiger partial charge in [0.15, 0.2) is 0 Å². The van der Waals surface area contributed by atoms with Gasteiger partial charge in [-0.05, 0) is 42.0 Å². The molecule has 0 bridgehead atoms. The van der Waals surface area contributed by atoms with Gasteiger partial charge in [0.05, 0.1) is 30.8 Å². The minimum Gasteiger partial charge on any atom is -0.497 e. The molecule has 2 aromatic carbocycles. The van der Waals surface area contributed by atoms with Crippen LogP contribution in [0.5, 0.6) is 11.5 Å². The molecule has 0 aliphatic heterocycles. The fourth-order valence-corrected chi connectivity index (χ4v) is 3.14. The Bertz CT molecular complexity index is 626. The van der Waals surface area contributed by atoms with Crippen LogP contribution >= 0.6 is 0 Å². The fraction of sp³-hybridized carbons (Fsp3) is 0.250. The average Bonchev–Trinajstić information content (AvgIpc) is 2.54. The zero-order valence-electron chi connectivity index (χ0n) is 12.2. The summed E-state index contributed by atoms with van der Waals surface area (Å²) in [5.74, 6) is 1.87. The van der Waals surface area contributed by atoms with Crippen molar-refractivity contribution in [3.8, 4) is 11.5 Å². The Morgan fingerprint density at radius 3 is 2.33 bits per heavy atom. The van der Waals surface area contributed by atoms with Crippen molar-refractivity contribution in [3.63, 3.8) is 0 Å². The van der Waals surface area contributed by atoms with Crippen molar-refractivity contribution < 1.29 is 13.7 Å². The zero-order valence-corrected chi connectivity index (χ0v) is 13.0. The van der Waals surface area contributed by atoms with E-state index >= 15 is 0 Å². The smallest absolute Gasteiger partial charge is 0.123 e. The van der Waals surface area contributed by atoms with Crippen LogP contribution in [-0.4, -0.2) is 18.4 Å². The molecule has 2 rings (SSSR count). The van der Waals surface area contributed by atoms with Crippen molar-refractivity contribution in [1.82, 2.24) is 0 Å². The van der Waals surface area contributed by atoms with E-state index in [4.69, 9.17) is 15.2 Å². The van der Waals surface area contributed by atoms with E-state index in [-0.39, 0.29) is 0 Å². The van der Waals surface area contributed by atoms with Crippen molar-refractivity contribution in [2.24, 2.45) is 5.73 Å². The lowest BCUT2D eigenvalue weighted by Crippen LogP contribution is -2.02. The summed E-state index contributed by atoms with van der Waals surface area (Å²) < 4.78 is 22.9. The van der Waals surface area contributed by atoms with Gasteiger partial charge in [-0.2, -0.15) is 0 Å². The molecule has 4 nitrogen and oxygen atoms in total. The number of ether oxygens (including phenoxy) is 2. The highest BCUT2D eigenvalue weighted by molar-refractivity contribution is 7.84. The van der Waals surface area contributed by atoms with Crippen LogP contribution in [0.4, 0.5) is 0 Å². The number of hydrogen-bond donors (Lipinski definition) is 1. The monoisotopic (exact) mass is 305 g/mol. The van der Waals surface area contributed by atoms with Crippen LogP contribution in [0.15, 0.2) is 47.4 Å². The van der Waals surface area contributed by atoms with Gasteiger partial charge in [0, 0.05) is 17.0 Å².